The molecule has 1 rings (SSSR count). The van der Waals surface area contributed by atoms with Gasteiger partial charge in [-0.1, -0.05) is 13.8 Å². The number of ether oxygens (including phenoxy) is 1. The van der Waals surface area contributed by atoms with Gasteiger partial charge in [0, 0.05) is 12.6 Å². The molecule has 1 aromatic rings. The highest BCUT2D eigenvalue weighted by molar-refractivity contribution is 9.10. The minimum Gasteiger partial charge on any atom is -0.503 e. The molecular weight excluding hydrogens is 306 g/mol. The Balaban J connectivity index is 2.79. The van der Waals surface area contributed by atoms with Crippen LogP contribution in [0.15, 0.2) is 16.6 Å². The maximum absolute atomic E-state index is 9.80. The van der Waals surface area contributed by atoms with E-state index < -0.39 is 0 Å². The molecule has 19 heavy (non-hydrogen) atoms. The number of halogens is 1. The summed E-state index contributed by atoms with van der Waals surface area (Å²) in [6.45, 7) is 7.56. The molecule has 0 aliphatic heterocycles. The van der Waals surface area contributed by atoms with Crippen LogP contribution in [0.1, 0.15) is 32.8 Å². The molecular formula is C15H24BrNO2. The average molecular weight is 330 g/mol. The summed E-state index contributed by atoms with van der Waals surface area (Å²) in [7, 11) is 3.69. The third-order valence-corrected chi connectivity index (χ3v) is 3.91. The fraction of sp³-hybridized carbons (Fsp3) is 0.600. The first kappa shape index (κ1) is 16.3. The van der Waals surface area contributed by atoms with Crippen LogP contribution in [-0.2, 0) is 6.54 Å². The van der Waals surface area contributed by atoms with Crippen molar-refractivity contribution in [1.29, 1.82) is 0 Å². The monoisotopic (exact) mass is 329 g/mol. The number of phenols is 1. The molecule has 0 aliphatic carbocycles. The van der Waals surface area contributed by atoms with Crippen LogP contribution in [0.25, 0.3) is 0 Å². The van der Waals surface area contributed by atoms with Crippen molar-refractivity contribution in [3.05, 3.63) is 22.2 Å². The van der Waals surface area contributed by atoms with E-state index in [4.69, 9.17) is 4.74 Å². The SMILES string of the molecule is COc1cc(CN(C)C(C)CC(C)C)cc(Br)c1O. The van der Waals surface area contributed by atoms with Crippen molar-refractivity contribution in [2.45, 2.75) is 39.8 Å². The van der Waals surface area contributed by atoms with Gasteiger partial charge in [0.15, 0.2) is 11.5 Å². The number of aromatic hydroxyl groups is 1. The van der Waals surface area contributed by atoms with E-state index in [0.29, 0.717) is 22.2 Å². The number of hydrogen-bond donors (Lipinski definition) is 1. The zero-order valence-corrected chi connectivity index (χ0v) is 14.0. The summed E-state index contributed by atoms with van der Waals surface area (Å²) in [5, 5.41) is 9.80. The summed E-state index contributed by atoms with van der Waals surface area (Å²) in [4.78, 5) is 2.32. The fourth-order valence-electron chi connectivity index (χ4n) is 2.18. The Morgan fingerprint density at radius 3 is 2.47 bits per heavy atom. The summed E-state index contributed by atoms with van der Waals surface area (Å²) in [6, 6.07) is 4.35. The van der Waals surface area contributed by atoms with E-state index in [1.807, 2.05) is 12.1 Å². The van der Waals surface area contributed by atoms with Crippen LogP contribution in [-0.4, -0.2) is 30.2 Å². The molecule has 4 heteroatoms. The molecule has 0 saturated heterocycles. The van der Waals surface area contributed by atoms with Crippen LogP contribution in [0.3, 0.4) is 0 Å². The van der Waals surface area contributed by atoms with E-state index in [2.05, 4.69) is 48.6 Å². The third kappa shape index (κ3) is 4.69. The second-order valence-corrected chi connectivity index (χ2v) is 6.38. The van der Waals surface area contributed by atoms with Crippen molar-refractivity contribution in [1.82, 2.24) is 4.90 Å². The summed E-state index contributed by atoms with van der Waals surface area (Å²) in [5.74, 6) is 1.36. The minimum absolute atomic E-state index is 0.157. The Kier molecular flexibility index (Phi) is 6.14. The van der Waals surface area contributed by atoms with Gasteiger partial charge in [0.25, 0.3) is 0 Å². The summed E-state index contributed by atoms with van der Waals surface area (Å²) in [6.07, 6.45) is 1.17. The highest BCUT2D eigenvalue weighted by Crippen LogP contribution is 2.35. The molecule has 1 aromatic carbocycles. The van der Waals surface area contributed by atoms with Gasteiger partial charge in [0.05, 0.1) is 11.6 Å². The molecule has 0 saturated carbocycles. The lowest BCUT2D eigenvalue weighted by Gasteiger charge is -2.26. The molecule has 108 valence electrons. The molecule has 0 amide bonds. The average Bonchev–Trinajstić information content (AvgIpc) is 2.32. The number of benzene rings is 1. The maximum Gasteiger partial charge on any atom is 0.172 e. The Hall–Kier alpha value is -0.740. The van der Waals surface area contributed by atoms with Crippen molar-refractivity contribution in [2.24, 2.45) is 5.92 Å². The van der Waals surface area contributed by atoms with Crippen LogP contribution < -0.4 is 4.74 Å². The first-order chi connectivity index (χ1) is 8.85. The number of hydrogen-bond acceptors (Lipinski definition) is 3. The Labute approximate surface area is 124 Å². The van der Waals surface area contributed by atoms with Crippen molar-refractivity contribution >= 4 is 15.9 Å². The number of phenolic OH excluding ortho intramolecular Hbond substituents is 1. The summed E-state index contributed by atoms with van der Waals surface area (Å²) >= 11 is 3.36. The predicted molar refractivity (Wildman–Crippen MR) is 82.7 cm³/mol. The molecule has 1 N–H and O–H groups in total. The van der Waals surface area contributed by atoms with Crippen LogP contribution >= 0.6 is 15.9 Å². The second-order valence-electron chi connectivity index (χ2n) is 5.52. The molecule has 0 radical (unpaired) electrons. The van der Waals surface area contributed by atoms with E-state index in [1.165, 1.54) is 6.42 Å². The Bertz CT molecular complexity index is 421. The molecule has 0 heterocycles. The predicted octanol–water partition coefficient (Wildman–Crippen LogP) is 4.03. The van der Waals surface area contributed by atoms with E-state index >= 15 is 0 Å². The molecule has 0 bridgehead atoms. The molecule has 3 nitrogen and oxygen atoms in total. The molecule has 0 fully saturated rings. The van der Waals surface area contributed by atoms with Crippen molar-refractivity contribution in [3.8, 4) is 11.5 Å². The van der Waals surface area contributed by atoms with Gasteiger partial charge in [0.2, 0.25) is 0 Å². The fourth-order valence-corrected chi connectivity index (χ4v) is 2.67. The van der Waals surface area contributed by atoms with Gasteiger partial charge in [-0.3, -0.25) is 4.90 Å². The van der Waals surface area contributed by atoms with E-state index in [0.717, 1.165) is 12.1 Å². The first-order valence-corrected chi connectivity index (χ1v) is 7.40. The topological polar surface area (TPSA) is 32.7 Å². The summed E-state index contributed by atoms with van der Waals surface area (Å²) < 4.78 is 5.85. The normalized spacial score (nSPS) is 13.1. The van der Waals surface area contributed by atoms with Gasteiger partial charge in [-0.25, -0.2) is 0 Å². The third-order valence-electron chi connectivity index (χ3n) is 3.31. The van der Waals surface area contributed by atoms with Crippen LogP contribution in [0, 0.1) is 5.92 Å². The Morgan fingerprint density at radius 1 is 1.32 bits per heavy atom. The highest BCUT2D eigenvalue weighted by atomic mass is 79.9. The molecule has 0 aromatic heterocycles. The van der Waals surface area contributed by atoms with Gasteiger partial charge in [-0.05, 0) is 59.9 Å². The largest absolute Gasteiger partial charge is 0.503 e. The number of rotatable bonds is 6. The zero-order valence-electron chi connectivity index (χ0n) is 12.4. The van der Waals surface area contributed by atoms with Gasteiger partial charge in [-0.15, -0.1) is 0 Å². The standard InChI is InChI=1S/C15H24BrNO2/c1-10(2)6-11(3)17(4)9-12-7-13(16)15(18)14(8-12)19-5/h7-8,10-11,18H,6,9H2,1-5H3. The quantitative estimate of drug-likeness (QED) is 0.855. The van der Waals surface area contributed by atoms with Crippen molar-refractivity contribution < 1.29 is 9.84 Å². The molecule has 1 unspecified atom stereocenters. The van der Waals surface area contributed by atoms with Crippen LogP contribution in [0.2, 0.25) is 0 Å². The number of nitrogens with zero attached hydrogens (tertiary/aromatic N) is 1. The van der Waals surface area contributed by atoms with Gasteiger partial charge in [0.1, 0.15) is 0 Å². The Morgan fingerprint density at radius 2 is 1.95 bits per heavy atom. The van der Waals surface area contributed by atoms with Gasteiger partial charge >= 0.3 is 0 Å². The van der Waals surface area contributed by atoms with E-state index in [9.17, 15) is 5.11 Å². The minimum atomic E-state index is 0.157. The van der Waals surface area contributed by atoms with E-state index in [-0.39, 0.29) is 5.75 Å². The van der Waals surface area contributed by atoms with Crippen molar-refractivity contribution in [2.75, 3.05) is 14.2 Å². The smallest absolute Gasteiger partial charge is 0.172 e. The van der Waals surface area contributed by atoms with Crippen LogP contribution in [0.5, 0.6) is 11.5 Å². The molecule has 1 atom stereocenters. The first-order valence-electron chi connectivity index (χ1n) is 6.60. The highest BCUT2D eigenvalue weighted by Gasteiger charge is 2.14. The molecule has 0 spiro atoms. The lowest BCUT2D eigenvalue weighted by Crippen LogP contribution is -2.29. The van der Waals surface area contributed by atoms with Crippen molar-refractivity contribution in [3.63, 3.8) is 0 Å². The second kappa shape index (κ2) is 7.15. The zero-order chi connectivity index (χ0) is 14.6. The summed E-state index contributed by atoms with van der Waals surface area (Å²) in [5.41, 5.74) is 1.12. The lowest BCUT2D eigenvalue weighted by molar-refractivity contribution is 0.220. The lowest BCUT2D eigenvalue weighted by atomic mass is 10.0. The van der Waals surface area contributed by atoms with Gasteiger partial charge < -0.3 is 9.84 Å². The van der Waals surface area contributed by atoms with Gasteiger partial charge in [-0.2, -0.15) is 0 Å². The number of methoxy groups -OCH3 is 1. The van der Waals surface area contributed by atoms with Crippen LogP contribution in [0.4, 0.5) is 0 Å². The van der Waals surface area contributed by atoms with E-state index in [1.54, 1.807) is 7.11 Å². The maximum atomic E-state index is 9.80. The molecule has 0 aliphatic rings.